The fourth-order valence-corrected chi connectivity index (χ4v) is 3.30. The summed E-state index contributed by atoms with van der Waals surface area (Å²) in [5.41, 5.74) is 2.94. The molecule has 0 saturated carbocycles. The van der Waals surface area contributed by atoms with Crippen molar-refractivity contribution in [1.82, 2.24) is 9.13 Å². The van der Waals surface area contributed by atoms with Gasteiger partial charge in [0.1, 0.15) is 5.69 Å². The van der Waals surface area contributed by atoms with Crippen LogP contribution in [0.3, 0.4) is 0 Å². The van der Waals surface area contributed by atoms with Crippen LogP contribution in [0.1, 0.15) is 62.5 Å². The van der Waals surface area contributed by atoms with Crippen molar-refractivity contribution in [3.63, 3.8) is 0 Å². The first-order valence-electron chi connectivity index (χ1n) is 8.72. The first-order valence-corrected chi connectivity index (χ1v) is 8.72. The number of nitrogens with zero attached hydrogens (tertiary/aromatic N) is 2. The van der Waals surface area contributed by atoms with Crippen LogP contribution in [0.5, 0.6) is 0 Å². The Kier molecular flexibility index (Phi) is 6.38. The third-order valence-electron chi connectivity index (χ3n) is 4.59. The van der Waals surface area contributed by atoms with Gasteiger partial charge in [-0.25, -0.2) is 4.79 Å². The number of methoxy groups -OCH3 is 1. The minimum absolute atomic E-state index is 0.0903. The van der Waals surface area contributed by atoms with Crippen molar-refractivity contribution in [3.05, 3.63) is 46.5 Å². The summed E-state index contributed by atoms with van der Waals surface area (Å²) in [4.78, 5) is 36.2. The molecule has 0 spiro atoms. The van der Waals surface area contributed by atoms with Gasteiger partial charge in [0.25, 0.3) is 0 Å². The van der Waals surface area contributed by atoms with Gasteiger partial charge < -0.3 is 18.6 Å². The quantitative estimate of drug-likeness (QED) is 0.524. The number of Topliss-reactive ketones (excluding diaryl/α,β-unsaturated/α-hetero) is 2. The molecule has 0 aliphatic carbocycles. The zero-order valence-electron chi connectivity index (χ0n) is 16.7. The second-order valence-electron chi connectivity index (χ2n) is 6.74. The fourth-order valence-electron chi connectivity index (χ4n) is 3.30. The highest BCUT2D eigenvalue weighted by Gasteiger charge is 2.21. The zero-order chi connectivity index (χ0) is 20.3. The minimum Gasteiger partial charge on any atom is -0.453 e. The van der Waals surface area contributed by atoms with Crippen LogP contribution >= 0.6 is 0 Å². The Morgan fingerprint density at radius 1 is 1.19 bits per heavy atom. The maximum Gasteiger partial charge on any atom is 0.355 e. The minimum atomic E-state index is -0.639. The average Bonchev–Trinajstić information content (AvgIpc) is 3.12. The molecule has 0 bridgehead atoms. The van der Waals surface area contributed by atoms with Crippen LogP contribution in [0.25, 0.3) is 0 Å². The third kappa shape index (κ3) is 4.36. The number of aryl methyl sites for hydroxylation is 2. The molecule has 146 valence electrons. The fraction of sp³-hybridized carbons (Fsp3) is 0.450. The van der Waals surface area contributed by atoms with Crippen molar-refractivity contribution in [2.24, 2.45) is 7.05 Å². The molecule has 0 amide bonds. The number of hydrogen-bond donors (Lipinski definition) is 0. The molecule has 7 heteroatoms. The summed E-state index contributed by atoms with van der Waals surface area (Å²) in [5.74, 6) is -1.05. The molecule has 1 atom stereocenters. The lowest BCUT2D eigenvalue weighted by molar-refractivity contribution is 0.0465. The van der Waals surface area contributed by atoms with Gasteiger partial charge in [0.05, 0.1) is 12.6 Å². The predicted molar refractivity (Wildman–Crippen MR) is 101 cm³/mol. The number of aromatic nitrogens is 2. The van der Waals surface area contributed by atoms with Crippen molar-refractivity contribution in [1.29, 1.82) is 0 Å². The van der Waals surface area contributed by atoms with E-state index >= 15 is 0 Å². The van der Waals surface area contributed by atoms with Crippen LogP contribution in [-0.2, 0) is 16.5 Å². The summed E-state index contributed by atoms with van der Waals surface area (Å²) in [6, 6.07) is 3.36. The van der Waals surface area contributed by atoms with Crippen LogP contribution in [0.2, 0.25) is 0 Å². The van der Waals surface area contributed by atoms with Crippen LogP contribution in [0.15, 0.2) is 18.3 Å². The van der Waals surface area contributed by atoms with Gasteiger partial charge >= 0.3 is 5.97 Å². The molecule has 0 aromatic carbocycles. The Morgan fingerprint density at radius 2 is 1.85 bits per heavy atom. The summed E-state index contributed by atoms with van der Waals surface area (Å²) in [7, 11) is 3.28. The molecular formula is C20H26N2O5. The van der Waals surface area contributed by atoms with Gasteiger partial charge in [0.15, 0.2) is 12.4 Å². The van der Waals surface area contributed by atoms with E-state index in [0.29, 0.717) is 17.7 Å². The first-order chi connectivity index (χ1) is 12.7. The van der Waals surface area contributed by atoms with Gasteiger partial charge in [-0.15, -0.1) is 0 Å². The van der Waals surface area contributed by atoms with E-state index in [4.69, 9.17) is 9.47 Å². The second-order valence-corrected chi connectivity index (χ2v) is 6.74. The number of hydrogen-bond acceptors (Lipinski definition) is 5. The molecule has 2 rings (SSSR count). The number of ether oxygens (including phenoxy) is 2. The Bertz CT molecular complexity index is 875. The lowest BCUT2D eigenvalue weighted by atomic mass is 10.1. The average molecular weight is 374 g/mol. The van der Waals surface area contributed by atoms with E-state index < -0.39 is 5.97 Å². The maximum atomic E-state index is 12.6. The van der Waals surface area contributed by atoms with E-state index in [2.05, 4.69) is 0 Å². The highest BCUT2D eigenvalue weighted by molar-refractivity contribution is 6.01. The molecule has 2 heterocycles. The van der Waals surface area contributed by atoms with Crippen molar-refractivity contribution >= 4 is 17.5 Å². The summed E-state index contributed by atoms with van der Waals surface area (Å²) in [5, 5.41) is 0. The standard InChI is InChI=1S/C20H26N2O5/c1-12-7-17(14(3)22(12)13(2)10-26-6)19(24)11-27-20(25)18-8-16(15(4)23)9-21(18)5/h7-9,13H,10-11H2,1-6H3/t13-/m0/s1. The topological polar surface area (TPSA) is 79.5 Å². The lowest BCUT2D eigenvalue weighted by Crippen LogP contribution is -2.18. The molecule has 0 radical (unpaired) electrons. The van der Waals surface area contributed by atoms with Gasteiger partial charge in [-0.3, -0.25) is 9.59 Å². The lowest BCUT2D eigenvalue weighted by Gasteiger charge is -2.17. The monoisotopic (exact) mass is 374 g/mol. The molecule has 0 fully saturated rings. The summed E-state index contributed by atoms with van der Waals surface area (Å²) >= 11 is 0. The number of carbonyl (C=O) groups excluding carboxylic acids is 3. The van der Waals surface area contributed by atoms with Gasteiger partial charge in [0.2, 0.25) is 5.78 Å². The van der Waals surface area contributed by atoms with E-state index in [0.717, 1.165) is 11.4 Å². The molecule has 0 saturated heterocycles. The summed E-state index contributed by atoms with van der Waals surface area (Å²) in [6.45, 7) is 7.40. The zero-order valence-corrected chi connectivity index (χ0v) is 16.7. The number of esters is 1. The Labute approximate surface area is 158 Å². The van der Waals surface area contributed by atoms with Gasteiger partial charge in [0, 0.05) is 42.9 Å². The number of rotatable bonds is 8. The summed E-state index contributed by atoms with van der Waals surface area (Å²) < 4.78 is 13.9. The van der Waals surface area contributed by atoms with Crippen molar-refractivity contribution in [2.75, 3.05) is 20.3 Å². The normalized spacial score (nSPS) is 12.1. The highest BCUT2D eigenvalue weighted by atomic mass is 16.5. The Balaban J connectivity index is 2.11. The van der Waals surface area contributed by atoms with Crippen LogP contribution < -0.4 is 0 Å². The van der Waals surface area contributed by atoms with Gasteiger partial charge in [-0.1, -0.05) is 0 Å². The molecule has 0 aliphatic rings. The smallest absolute Gasteiger partial charge is 0.355 e. The van der Waals surface area contributed by atoms with Gasteiger partial charge in [-0.2, -0.15) is 0 Å². The molecule has 0 aliphatic heterocycles. The third-order valence-corrected chi connectivity index (χ3v) is 4.59. The van der Waals surface area contributed by atoms with E-state index in [1.165, 1.54) is 17.6 Å². The Hall–Kier alpha value is -2.67. The molecule has 0 unspecified atom stereocenters. The molecule has 0 N–H and O–H groups in total. The van der Waals surface area contributed by atoms with Crippen LogP contribution in [-0.4, -0.2) is 47.0 Å². The molecular weight excluding hydrogens is 348 g/mol. The summed E-state index contributed by atoms with van der Waals surface area (Å²) in [6.07, 6.45) is 1.56. The SMILES string of the molecule is COC[C@H](C)n1c(C)cc(C(=O)COC(=O)c2cc(C(C)=O)cn2C)c1C. The molecule has 2 aromatic rings. The van der Waals surface area contributed by atoms with E-state index in [1.807, 2.05) is 25.3 Å². The van der Waals surface area contributed by atoms with E-state index in [9.17, 15) is 14.4 Å². The van der Waals surface area contributed by atoms with Crippen LogP contribution in [0.4, 0.5) is 0 Å². The molecule has 7 nitrogen and oxygen atoms in total. The largest absolute Gasteiger partial charge is 0.453 e. The van der Waals surface area contributed by atoms with E-state index in [1.54, 1.807) is 26.4 Å². The van der Waals surface area contributed by atoms with Crippen molar-refractivity contribution in [2.45, 2.75) is 33.7 Å². The highest BCUT2D eigenvalue weighted by Crippen LogP contribution is 2.21. The maximum absolute atomic E-state index is 12.6. The molecule has 2 aromatic heterocycles. The van der Waals surface area contributed by atoms with Gasteiger partial charge in [-0.05, 0) is 39.8 Å². The molecule has 27 heavy (non-hydrogen) atoms. The predicted octanol–water partition coefficient (Wildman–Crippen LogP) is 2.89. The number of carbonyl (C=O) groups is 3. The first kappa shape index (κ1) is 20.6. The Morgan fingerprint density at radius 3 is 2.41 bits per heavy atom. The van der Waals surface area contributed by atoms with E-state index in [-0.39, 0.29) is 29.9 Å². The van der Waals surface area contributed by atoms with Crippen LogP contribution in [0, 0.1) is 13.8 Å². The van der Waals surface area contributed by atoms with Crippen molar-refractivity contribution < 1.29 is 23.9 Å². The second kappa shape index (κ2) is 8.35. The van der Waals surface area contributed by atoms with Crippen molar-refractivity contribution in [3.8, 4) is 0 Å². The number of ketones is 2.